The highest BCUT2D eigenvalue weighted by atomic mass is 19.4. The van der Waals surface area contributed by atoms with Crippen LogP contribution in [0.25, 0.3) is 0 Å². The molecule has 0 N–H and O–H groups in total. The predicted molar refractivity (Wildman–Crippen MR) is 67.6 cm³/mol. The third kappa shape index (κ3) is 3.26. The zero-order valence-corrected chi connectivity index (χ0v) is 11.0. The molecule has 2 aromatic rings. The van der Waals surface area contributed by atoms with Crippen molar-refractivity contribution in [2.45, 2.75) is 25.9 Å². The van der Waals surface area contributed by atoms with Crippen LogP contribution in [0.15, 0.2) is 36.4 Å². The molecular weight excluding hydrogens is 269 g/mol. The van der Waals surface area contributed by atoms with Gasteiger partial charge in [-0.3, -0.25) is 0 Å². The minimum absolute atomic E-state index is 0.0334. The molecule has 0 aliphatic carbocycles. The van der Waals surface area contributed by atoms with Crippen LogP contribution in [0.3, 0.4) is 0 Å². The SMILES string of the molecule is CC(C)c1ccc(Oc2ccccc2C(F)(F)F)nn1. The van der Waals surface area contributed by atoms with Crippen LogP contribution in [0, 0.1) is 0 Å². The standard InChI is InChI=1S/C14H13F3N2O/c1-9(2)11-7-8-13(19-18-11)20-12-6-4-3-5-10(12)14(15,16)17/h3-9H,1-2H3. The van der Waals surface area contributed by atoms with Gasteiger partial charge < -0.3 is 4.74 Å². The summed E-state index contributed by atoms with van der Waals surface area (Å²) >= 11 is 0. The first-order chi connectivity index (χ1) is 9.38. The molecule has 3 nitrogen and oxygen atoms in total. The Bertz CT molecular complexity index is 580. The van der Waals surface area contributed by atoms with Gasteiger partial charge in [-0.25, -0.2) is 0 Å². The van der Waals surface area contributed by atoms with Gasteiger partial charge in [0.05, 0.1) is 11.3 Å². The number of hydrogen-bond acceptors (Lipinski definition) is 3. The van der Waals surface area contributed by atoms with Crippen LogP contribution in [-0.2, 0) is 6.18 Å². The maximum absolute atomic E-state index is 12.8. The summed E-state index contributed by atoms with van der Waals surface area (Å²) in [6, 6.07) is 8.19. The second-order valence-electron chi connectivity index (χ2n) is 4.55. The molecule has 0 unspecified atom stereocenters. The second kappa shape index (κ2) is 5.48. The normalized spacial score (nSPS) is 11.7. The number of nitrogens with zero attached hydrogens (tertiary/aromatic N) is 2. The average Bonchev–Trinajstić information content (AvgIpc) is 2.38. The zero-order chi connectivity index (χ0) is 14.8. The largest absolute Gasteiger partial charge is 0.437 e. The molecule has 0 fully saturated rings. The van der Waals surface area contributed by atoms with Crippen molar-refractivity contribution in [1.29, 1.82) is 0 Å². The Morgan fingerprint density at radius 2 is 1.70 bits per heavy atom. The average molecular weight is 282 g/mol. The molecule has 0 atom stereocenters. The Kier molecular flexibility index (Phi) is 3.92. The summed E-state index contributed by atoms with van der Waals surface area (Å²) < 4.78 is 43.6. The van der Waals surface area contributed by atoms with Gasteiger partial charge in [-0.15, -0.1) is 5.10 Å². The highest BCUT2D eigenvalue weighted by Crippen LogP contribution is 2.37. The molecule has 0 aliphatic rings. The summed E-state index contributed by atoms with van der Waals surface area (Å²) in [6.07, 6.45) is -4.47. The van der Waals surface area contributed by atoms with E-state index in [4.69, 9.17) is 4.74 Å². The highest BCUT2D eigenvalue weighted by molar-refractivity contribution is 5.37. The van der Waals surface area contributed by atoms with Crippen LogP contribution in [0.2, 0.25) is 0 Å². The maximum atomic E-state index is 12.8. The topological polar surface area (TPSA) is 35.0 Å². The molecular formula is C14H13F3N2O. The number of rotatable bonds is 3. The van der Waals surface area contributed by atoms with Crippen LogP contribution in [0.5, 0.6) is 11.6 Å². The van der Waals surface area contributed by atoms with E-state index in [1.165, 1.54) is 24.3 Å². The highest BCUT2D eigenvalue weighted by Gasteiger charge is 2.34. The zero-order valence-electron chi connectivity index (χ0n) is 11.0. The summed E-state index contributed by atoms with van der Waals surface area (Å²) in [6.45, 7) is 3.90. The first-order valence-electron chi connectivity index (χ1n) is 6.05. The van der Waals surface area contributed by atoms with E-state index in [-0.39, 0.29) is 17.5 Å². The molecule has 2 rings (SSSR count). The molecule has 6 heteroatoms. The van der Waals surface area contributed by atoms with Gasteiger partial charge in [-0.05, 0) is 24.1 Å². The Morgan fingerprint density at radius 3 is 2.25 bits per heavy atom. The van der Waals surface area contributed by atoms with Crippen LogP contribution >= 0.6 is 0 Å². The van der Waals surface area contributed by atoms with Crippen molar-refractivity contribution in [3.05, 3.63) is 47.7 Å². The van der Waals surface area contributed by atoms with Crippen LogP contribution in [0.1, 0.15) is 31.0 Å². The first kappa shape index (κ1) is 14.3. The van der Waals surface area contributed by atoms with Gasteiger partial charge in [0.2, 0.25) is 5.88 Å². The third-order valence-electron chi connectivity index (χ3n) is 2.66. The van der Waals surface area contributed by atoms with E-state index in [1.54, 1.807) is 6.07 Å². The summed E-state index contributed by atoms with van der Waals surface area (Å²) in [5.74, 6) is -0.0586. The molecule has 0 saturated carbocycles. The number of halogens is 3. The molecule has 1 heterocycles. The van der Waals surface area contributed by atoms with E-state index in [1.807, 2.05) is 13.8 Å². The number of ether oxygens (including phenoxy) is 1. The summed E-state index contributed by atoms with van der Waals surface area (Å²) in [5, 5.41) is 7.69. The van der Waals surface area contributed by atoms with Gasteiger partial charge in [0.15, 0.2) is 0 Å². The Morgan fingerprint density at radius 1 is 1.00 bits per heavy atom. The molecule has 0 amide bonds. The maximum Gasteiger partial charge on any atom is 0.419 e. The van der Waals surface area contributed by atoms with Gasteiger partial charge in [0, 0.05) is 6.07 Å². The lowest BCUT2D eigenvalue weighted by molar-refractivity contribution is -0.138. The van der Waals surface area contributed by atoms with Gasteiger partial charge in [-0.1, -0.05) is 26.0 Å². The number of para-hydroxylation sites is 1. The molecule has 0 saturated heterocycles. The fourth-order valence-electron chi connectivity index (χ4n) is 1.60. The first-order valence-corrected chi connectivity index (χ1v) is 6.05. The molecule has 0 aliphatic heterocycles. The number of alkyl halides is 3. The monoisotopic (exact) mass is 282 g/mol. The van der Waals surface area contributed by atoms with Gasteiger partial charge in [-0.2, -0.15) is 18.3 Å². The minimum atomic E-state index is -4.47. The van der Waals surface area contributed by atoms with Crippen LogP contribution < -0.4 is 4.74 Å². The van der Waals surface area contributed by atoms with E-state index in [9.17, 15) is 13.2 Å². The minimum Gasteiger partial charge on any atom is -0.437 e. The van der Waals surface area contributed by atoms with E-state index in [0.29, 0.717) is 0 Å². The van der Waals surface area contributed by atoms with Crippen molar-refractivity contribution >= 4 is 0 Å². The lowest BCUT2D eigenvalue weighted by atomic mass is 10.1. The smallest absolute Gasteiger partial charge is 0.419 e. The summed E-state index contributed by atoms with van der Waals surface area (Å²) in [7, 11) is 0. The quantitative estimate of drug-likeness (QED) is 0.836. The molecule has 20 heavy (non-hydrogen) atoms. The number of hydrogen-bond donors (Lipinski definition) is 0. The molecule has 106 valence electrons. The van der Waals surface area contributed by atoms with E-state index < -0.39 is 11.7 Å². The molecule has 1 aromatic carbocycles. The molecule has 0 spiro atoms. The summed E-state index contributed by atoms with van der Waals surface area (Å²) in [5.41, 5.74) is -0.0869. The molecule has 1 aromatic heterocycles. The van der Waals surface area contributed by atoms with Crippen molar-refractivity contribution in [3.8, 4) is 11.6 Å². The molecule has 0 bridgehead atoms. The van der Waals surface area contributed by atoms with Gasteiger partial charge in [0.1, 0.15) is 5.75 Å². The second-order valence-corrected chi connectivity index (χ2v) is 4.55. The third-order valence-corrected chi connectivity index (χ3v) is 2.66. The van der Waals surface area contributed by atoms with Crippen molar-refractivity contribution < 1.29 is 17.9 Å². The fraction of sp³-hybridized carbons (Fsp3) is 0.286. The predicted octanol–water partition coefficient (Wildman–Crippen LogP) is 4.41. The molecule has 0 radical (unpaired) electrons. The lowest BCUT2D eigenvalue weighted by Gasteiger charge is -2.12. The van der Waals surface area contributed by atoms with Gasteiger partial charge >= 0.3 is 6.18 Å². The van der Waals surface area contributed by atoms with Gasteiger partial charge in [0.25, 0.3) is 0 Å². The van der Waals surface area contributed by atoms with Crippen LogP contribution in [0.4, 0.5) is 13.2 Å². The Labute approximate surface area is 114 Å². The Hall–Kier alpha value is -2.11. The van der Waals surface area contributed by atoms with Crippen molar-refractivity contribution in [2.24, 2.45) is 0 Å². The van der Waals surface area contributed by atoms with E-state index in [2.05, 4.69) is 10.2 Å². The van der Waals surface area contributed by atoms with Crippen molar-refractivity contribution in [1.82, 2.24) is 10.2 Å². The van der Waals surface area contributed by atoms with Crippen molar-refractivity contribution in [3.63, 3.8) is 0 Å². The van der Waals surface area contributed by atoms with E-state index >= 15 is 0 Å². The fourth-order valence-corrected chi connectivity index (χ4v) is 1.60. The summed E-state index contributed by atoms with van der Waals surface area (Å²) in [4.78, 5) is 0. The lowest BCUT2D eigenvalue weighted by Crippen LogP contribution is -2.07. The Balaban J connectivity index is 2.26. The van der Waals surface area contributed by atoms with E-state index in [0.717, 1.165) is 11.8 Å². The number of benzene rings is 1. The van der Waals surface area contributed by atoms with Crippen molar-refractivity contribution in [2.75, 3.05) is 0 Å². The number of aromatic nitrogens is 2. The van der Waals surface area contributed by atoms with Crippen LogP contribution in [-0.4, -0.2) is 10.2 Å².